The quantitative estimate of drug-likeness (QED) is 0.450. The Hall–Kier alpha value is -4.07. The number of tetrazole rings is 1. The molecule has 1 amide bonds. The van der Waals surface area contributed by atoms with Gasteiger partial charge in [-0.3, -0.25) is 4.79 Å². The van der Waals surface area contributed by atoms with Crippen LogP contribution >= 0.6 is 0 Å². The number of hydrogen-bond donors (Lipinski definition) is 2. The molecular weight excluding hydrogens is 418 g/mol. The van der Waals surface area contributed by atoms with Gasteiger partial charge in [0.15, 0.2) is 0 Å². The molecule has 5 rings (SSSR count). The van der Waals surface area contributed by atoms with Gasteiger partial charge < -0.3 is 10.0 Å². The van der Waals surface area contributed by atoms with E-state index in [1.807, 2.05) is 42.5 Å². The molecule has 8 heteroatoms. The molecule has 8 nitrogen and oxygen atoms in total. The summed E-state index contributed by atoms with van der Waals surface area (Å²) in [4.78, 5) is 25.7. The first-order chi connectivity index (χ1) is 16.0. The molecule has 1 unspecified atom stereocenters. The van der Waals surface area contributed by atoms with Gasteiger partial charge in [0.25, 0.3) is 0 Å². The first-order valence-electron chi connectivity index (χ1n) is 10.9. The van der Waals surface area contributed by atoms with E-state index < -0.39 is 12.0 Å². The molecule has 1 aromatic heterocycles. The van der Waals surface area contributed by atoms with Gasteiger partial charge in [0.05, 0.1) is 0 Å². The Morgan fingerprint density at radius 1 is 1.00 bits per heavy atom. The van der Waals surface area contributed by atoms with Gasteiger partial charge in [0.1, 0.15) is 6.04 Å². The highest BCUT2D eigenvalue weighted by atomic mass is 16.4. The fourth-order valence-corrected chi connectivity index (χ4v) is 3.97. The van der Waals surface area contributed by atoms with Crippen molar-refractivity contribution in [2.24, 2.45) is 5.92 Å². The number of carbonyl (C=O) groups excluding carboxylic acids is 1. The van der Waals surface area contributed by atoms with Crippen molar-refractivity contribution in [2.45, 2.75) is 32.4 Å². The number of aromatic nitrogens is 4. The first-order valence-corrected chi connectivity index (χ1v) is 10.9. The normalized spacial score (nSPS) is 14.2. The monoisotopic (exact) mass is 441 g/mol. The van der Waals surface area contributed by atoms with Gasteiger partial charge in [-0.15, -0.1) is 10.2 Å². The van der Waals surface area contributed by atoms with Crippen LogP contribution in [0.1, 0.15) is 25.3 Å². The van der Waals surface area contributed by atoms with Crippen LogP contribution in [0.3, 0.4) is 0 Å². The number of carboxylic acid groups (broad SMARTS) is 1. The van der Waals surface area contributed by atoms with E-state index in [-0.39, 0.29) is 18.4 Å². The van der Waals surface area contributed by atoms with Crippen LogP contribution in [0, 0.1) is 5.92 Å². The van der Waals surface area contributed by atoms with Crippen molar-refractivity contribution in [3.05, 3.63) is 66.2 Å². The first kappa shape index (κ1) is 20.8. The largest absolute Gasteiger partial charge is 0.480 e. The van der Waals surface area contributed by atoms with Crippen molar-refractivity contribution in [3.8, 4) is 22.5 Å². The van der Waals surface area contributed by atoms with Gasteiger partial charge in [-0.05, 0) is 64.6 Å². The number of fused-ring (bicyclic) bond motifs is 1. The summed E-state index contributed by atoms with van der Waals surface area (Å²) in [5, 5.41) is 25.6. The van der Waals surface area contributed by atoms with E-state index in [1.54, 1.807) is 6.92 Å². The average molecular weight is 441 g/mol. The second-order valence-corrected chi connectivity index (χ2v) is 8.46. The van der Waals surface area contributed by atoms with Crippen LogP contribution in [0.5, 0.6) is 0 Å². The highest BCUT2D eigenvalue weighted by Crippen LogP contribution is 2.33. The molecule has 0 spiro atoms. The number of amides is 1. The molecule has 1 aliphatic rings. The minimum Gasteiger partial charge on any atom is -0.480 e. The minimum absolute atomic E-state index is 0.0266. The molecule has 1 aliphatic carbocycles. The van der Waals surface area contributed by atoms with Gasteiger partial charge in [-0.1, -0.05) is 48.5 Å². The van der Waals surface area contributed by atoms with Crippen LogP contribution < -0.4 is 0 Å². The fraction of sp³-hybridized carbons (Fsp3) is 0.240. The summed E-state index contributed by atoms with van der Waals surface area (Å²) in [5.41, 5.74) is 3.96. The van der Waals surface area contributed by atoms with Crippen LogP contribution in [0.15, 0.2) is 60.7 Å². The molecular formula is C25H23N5O3. The number of carbonyl (C=O) groups is 2. The van der Waals surface area contributed by atoms with E-state index in [0.717, 1.165) is 45.9 Å². The number of hydrogen-bond acceptors (Lipinski definition) is 5. The smallest absolute Gasteiger partial charge is 0.326 e. The third-order valence-electron chi connectivity index (χ3n) is 6.11. The Morgan fingerprint density at radius 3 is 2.33 bits per heavy atom. The number of nitrogens with one attached hydrogen (secondary N) is 1. The Bertz CT molecular complexity index is 1310. The van der Waals surface area contributed by atoms with Crippen molar-refractivity contribution in [1.29, 1.82) is 0 Å². The topological polar surface area (TPSA) is 112 Å². The molecule has 1 heterocycles. The second kappa shape index (κ2) is 8.46. The van der Waals surface area contributed by atoms with E-state index >= 15 is 0 Å². The van der Waals surface area contributed by atoms with Crippen molar-refractivity contribution in [1.82, 2.24) is 25.5 Å². The predicted molar refractivity (Wildman–Crippen MR) is 123 cm³/mol. The van der Waals surface area contributed by atoms with Gasteiger partial charge in [0, 0.05) is 18.0 Å². The number of rotatable bonds is 7. The molecule has 2 N–H and O–H groups in total. The molecule has 0 saturated heterocycles. The molecule has 0 radical (unpaired) electrons. The third kappa shape index (κ3) is 4.32. The van der Waals surface area contributed by atoms with E-state index in [0.29, 0.717) is 5.82 Å². The van der Waals surface area contributed by atoms with Gasteiger partial charge in [-0.2, -0.15) is 5.21 Å². The molecule has 1 fully saturated rings. The number of nitrogens with zero attached hydrogens (tertiary/aromatic N) is 4. The average Bonchev–Trinajstić information content (AvgIpc) is 3.55. The second-order valence-electron chi connectivity index (χ2n) is 8.46. The zero-order chi connectivity index (χ0) is 22.9. The summed E-state index contributed by atoms with van der Waals surface area (Å²) >= 11 is 0. The molecule has 1 saturated carbocycles. The Balaban J connectivity index is 1.38. The lowest BCUT2D eigenvalue weighted by atomic mass is 9.99. The number of benzene rings is 3. The fourth-order valence-electron chi connectivity index (χ4n) is 3.97. The lowest BCUT2D eigenvalue weighted by Crippen LogP contribution is -2.43. The lowest BCUT2D eigenvalue weighted by molar-refractivity contribution is -0.150. The molecule has 0 aliphatic heterocycles. The molecule has 3 aromatic carbocycles. The zero-order valence-electron chi connectivity index (χ0n) is 18.1. The summed E-state index contributed by atoms with van der Waals surface area (Å²) in [6.45, 7) is 1.86. The van der Waals surface area contributed by atoms with Crippen LogP contribution in [0.25, 0.3) is 33.3 Å². The standard InChI is InChI=1S/C25H23N5O3/c1-15(25(32)33)30(24(31)19-8-9-19)14-16-2-3-22-13-21(11-10-20(22)12-16)17-4-6-18(7-5-17)23-26-28-29-27-23/h2-7,10-13,15,19H,8-9,14H2,1H3,(H,32,33)(H,26,27,28,29). The molecule has 166 valence electrons. The van der Waals surface area contributed by atoms with Crippen LogP contribution in [-0.4, -0.2) is 48.5 Å². The molecule has 0 bridgehead atoms. The highest BCUT2D eigenvalue weighted by molar-refractivity contribution is 5.89. The molecule has 33 heavy (non-hydrogen) atoms. The maximum atomic E-state index is 12.7. The van der Waals surface area contributed by atoms with Crippen molar-refractivity contribution >= 4 is 22.6 Å². The van der Waals surface area contributed by atoms with Crippen LogP contribution in [-0.2, 0) is 16.1 Å². The van der Waals surface area contributed by atoms with Crippen molar-refractivity contribution < 1.29 is 14.7 Å². The third-order valence-corrected chi connectivity index (χ3v) is 6.11. The van der Waals surface area contributed by atoms with E-state index in [9.17, 15) is 14.7 Å². The maximum Gasteiger partial charge on any atom is 0.326 e. The number of aromatic amines is 1. The maximum absolute atomic E-state index is 12.7. The van der Waals surface area contributed by atoms with E-state index in [1.165, 1.54) is 4.90 Å². The van der Waals surface area contributed by atoms with Crippen LogP contribution in [0.4, 0.5) is 0 Å². The number of carboxylic acids is 1. The summed E-state index contributed by atoms with van der Waals surface area (Å²) in [6, 6.07) is 19.4. The Kier molecular flexibility index (Phi) is 5.34. The highest BCUT2D eigenvalue weighted by Gasteiger charge is 2.37. The molecule has 1 atom stereocenters. The molecule has 4 aromatic rings. The van der Waals surface area contributed by atoms with Gasteiger partial charge in [-0.25, -0.2) is 4.79 Å². The lowest BCUT2D eigenvalue weighted by Gasteiger charge is -2.27. The van der Waals surface area contributed by atoms with E-state index in [4.69, 9.17) is 0 Å². The van der Waals surface area contributed by atoms with Crippen molar-refractivity contribution in [3.63, 3.8) is 0 Å². The van der Waals surface area contributed by atoms with E-state index in [2.05, 4.69) is 38.8 Å². The van der Waals surface area contributed by atoms with Crippen molar-refractivity contribution in [2.75, 3.05) is 0 Å². The van der Waals surface area contributed by atoms with Gasteiger partial charge in [0.2, 0.25) is 11.7 Å². The zero-order valence-corrected chi connectivity index (χ0v) is 18.1. The van der Waals surface area contributed by atoms with Gasteiger partial charge >= 0.3 is 5.97 Å². The SMILES string of the molecule is CC(C(=O)O)N(Cc1ccc2cc(-c3ccc(-c4nn[nH]n4)cc3)ccc2c1)C(=O)C1CC1. The Morgan fingerprint density at radius 2 is 1.67 bits per heavy atom. The summed E-state index contributed by atoms with van der Waals surface area (Å²) < 4.78 is 0. The summed E-state index contributed by atoms with van der Waals surface area (Å²) in [6.07, 6.45) is 1.69. The summed E-state index contributed by atoms with van der Waals surface area (Å²) in [7, 11) is 0. The Labute approximate surface area is 190 Å². The predicted octanol–water partition coefficient (Wildman–Crippen LogP) is 3.90. The summed E-state index contributed by atoms with van der Waals surface area (Å²) in [5.74, 6) is -0.523. The van der Waals surface area contributed by atoms with Crippen LogP contribution in [0.2, 0.25) is 0 Å². The minimum atomic E-state index is -0.986. The number of aliphatic carboxylic acids is 1. The number of H-pyrrole nitrogens is 1.